The number of aromatic nitrogens is 1. The van der Waals surface area contributed by atoms with E-state index in [0.717, 1.165) is 22.6 Å². The zero-order valence-corrected chi connectivity index (χ0v) is 25.1. The maximum Gasteiger partial charge on any atom is 0.307 e. The van der Waals surface area contributed by atoms with Crippen LogP contribution in [0.25, 0.3) is 11.5 Å². The number of carbonyl (C=O) groups excluding carboxylic acids is 2. The minimum atomic E-state index is -0.925. The second kappa shape index (κ2) is 17.0. The molecule has 0 unspecified atom stereocenters. The van der Waals surface area contributed by atoms with Crippen LogP contribution in [0.1, 0.15) is 40.7 Å². The molecule has 1 heterocycles. The van der Waals surface area contributed by atoms with Gasteiger partial charge >= 0.3 is 5.97 Å². The molecule has 3 aromatic carbocycles. The van der Waals surface area contributed by atoms with E-state index in [1.807, 2.05) is 87.4 Å². The van der Waals surface area contributed by atoms with Gasteiger partial charge in [0.05, 0.1) is 18.2 Å². The van der Waals surface area contributed by atoms with Crippen molar-refractivity contribution in [3.63, 3.8) is 0 Å². The van der Waals surface area contributed by atoms with Gasteiger partial charge in [0.1, 0.15) is 18.3 Å². The average Bonchev–Trinajstić information content (AvgIpc) is 3.43. The predicted molar refractivity (Wildman–Crippen MR) is 172 cm³/mol. The molecule has 0 fully saturated rings. The molecule has 0 aliphatic carbocycles. The van der Waals surface area contributed by atoms with Crippen molar-refractivity contribution in [3.05, 3.63) is 143 Å². The number of rotatable bonds is 14. The Hall–Kier alpha value is -5.30. The molecular weight excluding hydrogens is 554 g/mol. The van der Waals surface area contributed by atoms with Crippen molar-refractivity contribution in [2.45, 2.75) is 33.1 Å². The summed E-state index contributed by atoms with van der Waals surface area (Å²) >= 11 is 0. The van der Waals surface area contributed by atoms with Gasteiger partial charge in [-0.2, -0.15) is 0 Å². The Morgan fingerprint density at radius 3 is 2.20 bits per heavy atom. The smallest absolute Gasteiger partial charge is 0.307 e. The third-order valence-corrected chi connectivity index (χ3v) is 6.94. The molecule has 4 aromatic rings. The summed E-state index contributed by atoms with van der Waals surface area (Å²) in [5.74, 6) is 0.219. The van der Waals surface area contributed by atoms with Crippen molar-refractivity contribution in [1.82, 2.24) is 4.98 Å². The number of oxazole rings is 1. The average molecular weight is 592 g/mol. The Morgan fingerprint density at radius 1 is 0.977 bits per heavy atom. The fraction of sp³-hybridized carbons (Fsp3) is 0.189. The summed E-state index contributed by atoms with van der Waals surface area (Å²) in [5.41, 5.74) is 4.24. The first-order valence-corrected chi connectivity index (χ1v) is 14.2. The second-order valence-electron chi connectivity index (χ2n) is 9.91. The molecule has 1 atom stereocenters. The molecule has 1 N–H and O–H groups in total. The monoisotopic (exact) mass is 591 g/mol. The number of aryl methyl sites for hydroxylation is 1. The van der Waals surface area contributed by atoms with Crippen molar-refractivity contribution in [3.8, 4) is 17.2 Å². The summed E-state index contributed by atoms with van der Waals surface area (Å²) in [6.45, 7) is 10.0. The largest absolute Gasteiger partial charge is 0.493 e. The molecule has 4 rings (SSSR count). The van der Waals surface area contributed by atoms with E-state index >= 15 is 0 Å². The quantitative estimate of drug-likeness (QED) is 0.0911. The van der Waals surface area contributed by atoms with Gasteiger partial charge in [0.25, 0.3) is 0 Å². The third-order valence-electron chi connectivity index (χ3n) is 6.94. The van der Waals surface area contributed by atoms with Crippen molar-refractivity contribution < 1.29 is 28.6 Å². The van der Waals surface area contributed by atoms with E-state index in [1.165, 1.54) is 6.08 Å². The summed E-state index contributed by atoms with van der Waals surface area (Å²) in [5, 5.41) is 10.0. The lowest BCUT2D eigenvalue weighted by Crippen LogP contribution is -2.18. The van der Waals surface area contributed by atoms with Gasteiger partial charge < -0.3 is 19.1 Å². The van der Waals surface area contributed by atoms with Crippen LogP contribution < -0.4 is 4.74 Å². The highest BCUT2D eigenvalue weighted by molar-refractivity contribution is 6.11. The highest BCUT2D eigenvalue weighted by Gasteiger charge is 2.22. The van der Waals surface area contributed by atoms with Crippen molar-refractivity contribution >= 4 is 18.5 Å². The van der Waals surface area contributed by atoms with Crippen LogP contribution in [0.4, 0.5) is 0 Å². The number of ether oxygens (including phenoxy) is 1. The van der Waals surface area contributed by atoms with Crippen LogP contribution in [0.5, 0.6) is 5.75 Å². The fourth-order valence-corrected chi connectivity index (χ4v) is 4.73. The molecule has 7 nitrogen and oxygen atoms in total. The zero-order valence-electron chi connectivity index (χ0n) is 25.1. The van der Waals surface area contributed by atoms with Crippen LogP contribution >= 0.6 is 0 Å². The molecular formula is C37H37NO6. The van der Waals surface area contributed by atoms with Crippen molar-refractivity contribution in [2.75, 3.05) is 6.61 Å². The lowest BCUT2D eigenvalue weighted by atomic mass is 9.88. The highest BCUT2D eigenvalue weighted by Crippen LogP contribution is 2.26. The van der Waals surface area contributed by atoms with Crippen molar-refractivity contribution in [2.24, 2.45) is 5.92 Å². The van der Waals surface area contributed by atoms with Crippen LogP contribution in [0.15, 0.2) is 125 Å². The van der Waals surface area contributed by atoms with E-state index in [4.69, 9.17) is 13.9 Å². The summed E-state index contributed by atoms with van der Waals surface area (Å²) < 4.78 is 11.8. The molecule has 0 radical (unpaired) electrons. The molecule has 1 aromatic heterocycles. The van der Waals surface area contributed by atoms with Gasteiger partial charge in [-0.15, -0.1) is 0 Å². The molecule has 7 heteroatoms. The molecule has 0 saturated carbocycles. The Balaban J connectivity index is 0.00000259. The first-order chi connectivity index (χ1) is 21.4. The Labute approximate surface area is 258 Å². The number of carboxylic acids is 1. The minimum absolute atomic E-state index is 0.179. The molecule has 0 aliphatic heterocycles. The Morgan fingerprint density at radius 2 is 1.61 bits per heavy atom. The summed E-state index contributed by atoms with van der Waals surface area (Å²) in [4.78, 5) is 38.0. The number of allylic oxidation sites excluding steroid dienone is 5. The van der Waals surface area contributed by atoms with E-state index in [0.29, 0.717) is 47.8 Å². The van der Waals surface area contributed by atoms with Gasteiger partial charge in [-0.05, 0) is 62.1 Å². The van der Waals surface area contributed by atoms with Crippen LogP contribution in [0, 0.1) is 12.8 Å². The van der Waals surface area contributed by atoms with E-state index < -0.39 is 11.9 Å². The minimum Gasteiger partial charge on any atom is -0.493 e. The molecule has 0 spiro atoms. The number of benzene rings is 3. The Bertz CT molecular complexity index is 1580. The second-order valence-corrected chi connectivity index (χ2v) is 9.91. The molecule has 0 saturated heterocycles. The summed E-state index contributed by atoms with van der Waals surface area (Å²) in [7, 11) is 0. The normalized spacial score (nSPS) is 12.0. The Kier molecular flexibility index (Phi) is 12.8. The lowest BCUT2D eigenvalue weighted by Gasteiger charge is -2.16. The highest BCUT2D eigenvalue weighted by atomic mass is 16.5. The topological polar surface area (TPSA) is 107 Å². The molecule has 0 bridgehead atoms. The van der Waals surface area contributed by atoms with Gasteiger partial charge in [-0.1, -0.05) is 85.5 Å². The number of aliphatic carboxylic acids is 1. The van der Waals surface area contributed by atoms with Gasteiger partial charge in [0.15, 0.2) is 5.78 Å². The standard InChI is InChI=1S/C36H35NO5.CH2O/c1-4-12-29(32(5-2)34(38)27-13-8-6-9-14-27)24-30(36(39)40)23-26-17-19-31(20-18-26)41-22-21-33-25(3)42-35(37-33)28-15-10-7-11-16-28;1-2/h4-20,30H,2,21-24H2,1,3H3,(H,39,40);1H2/b12-4-,32-29-;/t30-;/m1./s1. The molecule has 0 aliphatic rings. The third kappa shape index (κ3) is 9.10. The maximum atomic E-state index is 13.2. The van der Waals surface area contributed by atoms with Gasteiger partial charge in [0.2, 0.25) is 5.89 Å². The van der Waals surface area contributed by atoms with Gasteiger partial charge in [-0.25, -0.2) is 4.98 Å². The number of hydrogen-bond acceptors (Lipinski definition) is 6. The first-order valence-electron chi connectivity index (χ1n) is 14.2. The van der Waals surface area contributed by atoms with E-state index in [9.17, 15) is 14.7 Å². The summed E-state index contributed by atoms with van der Waals surface area (Å²) in [6, 6.07) is 26.1. The molecule has 44 heavy (non-hydrogen) atoms. The first kappa shape index (κ1) is 33.2. The number of ketones is 1. The van der Waals surface area contributed by atoms with Crippen molar-refractivity contribution in [1.29, 1.82) is 0 Å². The van der Waals surface area contributed by atoms with Crippen LogP contribution in [0.3, 0.4) is 0 Å². The van der Waals surface area contributed by atoms with E-state index in [1.54, 1.807) is 30.3 Å². The predicted octanol–water partition coefficient (Wildman–Crippen LogP) is 7.66. The number of carboxylic acid groups (broad SMARTS) is 1. The molecule has 226 valence electrons. The summed E-state index contributed by atoms with van der Waals surface area (Å²) in [6.07, 6.45) is 6.22. The number of nitrogens with zero attached hydrogens (tertiary/aromatic N) is 1. The van der Waals surface area contributed by atoms with Crippen LogP contribution in [-0.4, -0.2) is 35.2 Å². The number of carbonyl (C=O) groups is 3. The van der Waals surface area contributed by atoms with Gasteiger partial charge in [-0.3, -0.25) is 9.59 Å². The van der Waals surface area contributed by atoms with Gasteiger partial charge in [0, 0.05) is 23.1 Å². The van der Waals surface area contributed by atoms with E-state index in [-0.39, 0.29) is 12.2 Å². The van der Waals surface area contributed by atoms with Crippen LogP contribution in [0.2, 0.25) is 0 Å². The number of hydrogen-bond donors (Lipinski definition) is 1. The molecule has 0 amide bonds. The van der Waals surface area contributed by atoms with Crippen LogP contribution in [-0.2, 0) is 22.4 Å². The zero-order chi connectivity index (χ0) is 31.9. The van der Waals surface area contributed by atoms with E-state index in [2.05, 4.69) is 11.6 Å². The maximum absolute atomic E-state index is 13.2. The number of Topliss-reactive ketones (excluding diaryl/α,β-unsaturated/α-hetero) is 1. The fourth-order valence-electron chi connectivity index (χ4n) is 4.73. The lowest BCUT2D eigenvalue weighted by molar-refractivity contribution is -0.141. The SMILES string of the molecule is C=C/C(C(=O)c1ccccc1)=C(\C=C/C)C[C@@H](Cc1ccc(OCCc2nc(-c3ccccc3)oc2C)cc1)C(=O)O.C=O.